The van der Waals surface area contributed by atoms with Gasteiger partial charge in [0.1, 0.15) is 0 Å². The molecule has 0 aromatic heterocycles. The van der Waals surface area contributed by atoms with Crippen molar-refractivity contribution in [1.29, 1.82) is 5.26 Å². The van der Waals surface area contributed by atoms with Crippen LogP contribution in [0.25, 0.3) is 0 Å². The number of hydrogen-bond donors (Lipinski definition) is 2. The fourth-order valence-corrected chi connectivity index (χ4v) is 2.33. The van der Waals surface area contributed by atoms with Gasteiger partial charge in [0.15, 0.2) is 0 Å². The minimum Gasteiger partial charge on any atom is -0.354 e. The Labute approximate surface area is 96.4 Å². The molecule has 0 unspecified atom stereocenters. The molecule has 2 aliphatic carbocycles. The fourth-order valence-electron chi connectivity index (χ4n) is 2.33. The molecule has 0 aromatic rings. The van der Waals surface area contributed by atoms with Gasteiger partial charge in [-0.3, -0.25) is 4.79 Å². The standard InChI is InChI=1S/C12H19N3O/c13-6-1-7-15-11(16)8-14-9-12(4-5-12)10-2-3-10/h10,14H,1-5,7-9H2,(H,15,16). The van der Waals surface area contributed by atoms with Gasteiger partial charge in [0.05, 0.1) is 19.0 Å². The molecule has 0 spiro atoms. The van der Waals surface area contributed by atoms with Crippen molar-refractivity contribution >= 4 is 5.91 Å². The fraction of sp³-hybridized carbons (Fsp3) is 0.833. The first kappa shape index (κ1) is 11.4. The van der Waals surface area contributed by atoms with Gasteiger partial charge in [0.25, 0.3) is 0 Å². The van der Waals surface area contributed by atoms with Crippen molar-refractivity contribution in [2.24, 2.45) is 11.3 Å². The Kier molecular flexibility index (Phi) is 3.45. The van der Waals surface area contributed by atoms with E-state index < -0.39 is 0 Å². The zero-order valence-corrected chi connectivity index (χ0v) is 9.59. The maximum Gasteiger partial charge on any atom is 0.233 e. The van der Waals surface area contributed by atoms with Crippen molar-refractivity contribution in [1.82, 2.24) is 10.6 Å². The second-order valence-electron chi connectivity index (χ2n) is 5.00. The molecule has 2 N–H and O–H groups in total. The smallest absolute Gasteiger partial charge is 0.233 e. The normalized spacial score (nSPS) is 21.2. The summed E-state index contributed by atoms with van der Waals surface area (Å²) >= 11 is 0. The van der Waals surface area contributed by atoms with Gasteiger partial charge in [0.2, 0.25) is 5.91 Å². The highest BCUT2D eigenvalue weighted by molar-refractivity contribution is 5.77. The third kappa shape index (κ3) is 2.96. The molecular formula is C12H19N3O. The molecule has 2 fully saturated rings. The lowest BCUT2D eigenvalue weighted by Crippen LogP contribution is -2.37. The highest BCUT2D eigenvalue weighted by atomic mass is 16.1. The van der Waals surface area contributed by atoms with Crippen LogP contribution in [0.5, 0.6) is 0 Å². The van der Waals surface area contributed by atoms with E-state index in [-0.39, 0.29) is 5.91 Å². The van der Waals surface area contributed by atoms with Crippen molar-refractivity contribution in [2.45, 2.75) is 32.1 Å². The molecule has 0 radical (unpaired) electrons. The van der Waals surface area contributed by atoms with E-state index >= 15 is 0 Å². The minimum atomic E-state index is 0.00171. The number of rotatable bonds is 7. The average molecular weight is 221 g/mol. The van der Waals surface area contributed by atoms with E-state index in [1.165, 1.54) is 25.7 Å². The number of nitriles is 1. The monoisotopic (exact) mass is 221 g/mol. The first-order valence-electron chi connectivity index (χ1n) is 6.11. The molecule has 2 saturated carbocycles. The van der Waals surface area contributed by atoms with Crippen molar-refractivity contribution in [3.8, 4) is 6.07 Å². The topological polar surface area (TPSA) is 64.9 Å². The molecular weight excluding hydrogens is 202 g/mol. The first-order valence-corrected chi connectivity index (χ1v) is 6.11. The predicted octanol–water partition coefficient (Wildman–Crippen LogP) is 0.796. The lowest BCUT2D eigenvalue weighted by Gasteiger charge is -2.14. The van der Waals surface area contributed by atoms with Gasteiger partial charge < -0.3 is 10.6 Å². The van der Waals surface area contributed by atoms with Gasteiger partial charge in [0, 0.05) is 13.1 Å². The quantitative estimate of drug-likeness (QED) is 0.625. The lowest BCUT2D eigenvalue weighted by molar-refractivity contribution is -0.120. The van der Waals surface area contributed by atoms with E-state index in [1.807, 2.05) is 6.07 Å². The van der Waals surface area contributed by atoms with Gasteiger partial charge in [-0.05, 0) is 37.0 Å². The van der Waals surface area contributed by atoms with Crippen LogP contribution in [-0.4, -0.2) is 25.5 Å². The molecule has 0 bridgehead atoms. The molecule has 0 heterocycles. The van der Waals surface area contributed by atoms with Crippen molar-refractivity contribution in [2.75, 3.05) is 19.6 Å². The molecule has 2 aliphatic rings. The number of nitrogens with zero attached hydrogens (tertiary/aromatic N) is 1. The molecule has 4 heteroatoms. The summed E-state index contributed by atoms with van der Waals surface area (Å²) in [7, 11) is 0. The van der Waals surface area contributed by atoms with Crippen LogP contribution in [0.2, 0.25) is 0 Å². The number of hydrogen-bond acceptors (Lipinski definition) is 3. The Hall–Kier alpha value is -1.08. The van der Waals surface area contributed by atoms with Crippen molar-refractivity contribution in [3.05, 3.63) is 0 Å². The molecule has 2 rings (SSSR count). The van der Waals surface area contributed by atoms with Crippen LogP contribution in [0.15, 0.2) is 0 Å². The van der Waals surface area contributed by atoms with E-state index in [1.54, 1.807) is 0 Å². The Bertz CT molecular complexity index is 300. The Balaban J connectivity index is 1.54. The van der Waals surface area contributed by atoms with Crippen LogP contribution in [0.4, 0.5) is 0 Å². The zero-order chi connectivity index (χ0) is 11.4. The van der Waals surface area contributed by atoms with Crippen LogP contribution in [0.1, 0.15) is 32.1 Å². The summed E-state index contributed by atoms with van der Waals surface area (Å²) in [5, 5.41) is 14.3. The highest BCUT2D eigenvalue weighted by Crippen LogP contribution is 2.60. The van der Waals surface area contributed by atoms with Crippen LogP contribution in [0, 0.1) is 22.7 Å². The SMILES string of the molecule is N#CCCNC(=O)CNCC1(C2CC2)CC1. The van der Waals surface area contributed by atoms with Gasteiger partial charge in [-0.25, -0.2) is 0 Å². The lowest BCUT2D eigenvalue weighted by atomic mass is 10.0. The van der Waals surface area contributed by atoms with E-state index in [9.17, 15) is 4.79 Å². The van der Waals surface area contributed by atoms with E-state index in [4.69, 9.17) is 5.26 Å². The summed E-state index contributed by atoms with van der Waals surface area (Å²) in [5.74, 6) is 0.934. The third-order valence-electron chi connectivity index (χ3n) is 3.66. The van der Waals surface area contributed by atoms with Crippen LogP contribution in [0.3, 0.4) is 0 Å². The highest BCUT2D eigenvalue weighted by Gasteiger charge is 2.53. The molecule has 0 saturated heterocycles. The van der Waals surface area contributed by atoms with Crippen LogP contribution >= 0.6 is 0 Å². The largest absolute Gasteiger partial charge is 0.354 e. The number of carbonyl (C=O) groups excluding carboxylic acids is 1. The molecule has 0 aromatic carbocycles. The van der Waals surface area contributed by atoms with Crippen LogP contribution in [-0.2, 0) is 4.79 Å². The second kappa shape index (κ2) is 4.84. The van der Waals surface area contributed by atoms with E-state index in [0.29, 0.717) is 24.9 Å². The molecule has 0 aliphatic heterocycles. The van der Waals surface area contributed by atoms with E-state index in [0.717, 1.165) is 12.5 Å². The van der Waals surface area contributed by atoms with Gasteiger partial charge in [-0.1, -0.05) is 0 Å². The molecule has 4 nitrogen and oxygen atoms in total. The van der Waals surface area contributed by atoms with Gasteiger partial charge in [-0.2, -0.15) is 5.26 Å². The molecule has 88 valence electrons. The van der Waals surface area contributed by atoms with Gasteiger partial charge >= 0.3 is 0 Å². The summed E-state index contributed by atoms with van der Waals surface area (Å²) in [6, 6.07) is 2.00. The molecule has 16 heavy (non-hydrogen) atoms. The zero-order valence-electron chi connectivity index (χ0n) is 9.59. The Morgan fingerprint density at radius 3 is 2.75 bits per heavy atom. The summed E-state index contributed by atoms with van der Waals surface area (Å²) in [4.78, 5) is 11.3. The van der Waals surface area contributed by atoms with Crippen molar-refractivity contribution in [3.63, 3.8) is 0 Å². The summed E-state index contributed by atoms with van der Waals surface area (Å²) < 4.78 is 0. The molecule has 0 atom stereocenters. The van der Waals surface area contributed by atoms with Crippen LogP contribution < -0.4 is 10.6 Å². The summed E-state index contributed by atoms with van der Waals surface area (Å²) in [5.41, 5.74) is 0.549. The minimum absolute atomic E-state index is 0.00171. The number of nitrogens with one attached hydrogen (secondary N) is 2. The maximum atomic E-state index is 11.3. The Morgan fingerprint density at radius 2 is 2.19 bits per heavy atom. The summed E-state index contributed by atoms with van der Waals surface area (Å²) in [6.45, 7) is 1.84. The molecule has 1 amide bonds. The first-order chi connectivity index (χ1) is 7.77. The van der Waals surface area contributed by atoms with E-state index in [2.05, 4.69) is 10.6 Å². The average Bonchev–Trinajstić information content (AvgIpc) is 3.12. The number of carbonyl (C=O) groups is 1. The van der Waals surface area contributed by atoms with Gasteiger partial charge in [-0.15, -0.1) is 0 Å². The van der Waals surface area contributed by atoms with Crippen molar-refractivity contribution < 1.29 is 4.79 Å². The predicted molar refractivity (Wildman–Crippen MR) is 60.5 cm³/mol. The number of amides is 1. The summed E-state index contributed by atoms with van der Waals surface area (Å²) in [6.07, 6.45) is 5.82. The Morgan fingerprint density at radius 1 is 1.44 bits per heavy atom. The third-order valence-corrected chi connectivity index (χ3v) is 3.66. The second-order valence-corrected chi connectivity index (χ2v) is 5.00. The maximum absolute atomic E-state index is 11.3.